The number of carbonyl (C=O) groups is 1. The minimum absolute atomic E-state index is 0.0211. The molecule has 2 aromatic carbocycles. The van der Waals surface area contributed by atoms with Gasteiger partial charge in [-0.1, -0.05) is 35.9 Å². The van der Waals surface area contributed by atoms with Gasteiger partial charge in [0.25, 0.3) is 11.6 Å². The number of fused-ring (bicyclic) bond motifs is 1. The largest absolute Gasteiger partial charge is 0.345 e. The summed E-state index contributed by atoms with van der Waals surface area (Å²) in [4.78, 5) is 22.6. The van der Waals surface area contributed by atoms with E-state index in [2.05, 4.69) is 11.4 Å². The highest BCUT2D eigenvalue weighted by Crippen LogP contribution is 2.31. The molecule has 6 heteroatoms. The molecule has 0 bridgehead atoms. The molecule has 0 aromatic heterocycles. The Labute approximate surface area is 132 Å². The highest BCUT2D eigenvalue weighted by Gasteiger charge is 2.24. The quantitative estimate of drug-likeness (QED) is 0.693. The fraction of sp³-hybridized carbons (Fsp3) is 0.188. The van der Waals surface area contributed by atoms with Crippen molar-refractivity contribution in [2.75, 3.05) is 0 Å². The molecule has 0 saturated carbocycles. The van der Waals surface area contributed by atoms with Crippen LogP contribution in [0.25, 0.3) is 0 Å². The van der Waals surface area contributed by atoms with Gasteiger partial charge in [0.2, 0.25) is 0 Å². The first-order valence-electron chi connectivity index (χ1n) is 6.89. The number of hydrogen-bond acceptors (Lipinski definition) is 3. The zero-order valence-electron chi connectivity index (χ0n) is 11.6. The van der Waals surface area contributed by atoms with Crippen LogP contribution < -0.4 is 5.32 Å². The molecular formula is C16H13ClN2O3. The summed E-state index contributed by atoms with van der Waals surface area (Å²) in [5.41, 5.74) is 2.32. The number of aryl methyl sites for hydroxylation is 1. The highest BCUT2D eigenvalue weighted by molar-refractivity contribution is 6.32. The number of carbonyl (C=O) groups excluding carboxylic acids is 1. The van der Waals surface area contributed by atoms with Crippen molar-refractivity contribution in [1.82, 2.24) is 5.32 Å². The zero-order chi connectivity index (χ0) is 15.7. The standard InChI is InChI=1S/C16H13ClN2O3/c17-13-7-5-11(9-15(13)19(21)22)16(20)18-14-8-6-10-3-1-2-4-12(10)14/h1-5,7,9,14H,6,8H2,(H,18,20). The number of rotatable bonds is 3. The van der Waals surface area contributed by atoms with Crippen LogP contribution in [0.2, 0.25) is 5.02 Å². The number of hydrogen-bond donors (Lipinski definition) is 1. The van der Waals surface area contributed by atoms with E-state index in [-0.39, 0.29) is 28.2 Å². The van der Waals surface area contributed by atoms with Gasteiger partial charge in [0.1, 0.15) is 5.02 Å². The van der Waals surface area contributed by atoms with E-state index in [0.717, 1.165) is 18.4 Å². The summed E-state index contributed by atoms with van der Waals surface area (Å²) in [6.07, 6.45) is 1.75. The molecule has 3 rings (SSSR count). The van der Waals surface area contributed by atoms with E-state index in [1.165, 1.54) is 23.8 Å². The molecule has 112 valence electrons. The van der Waals surface area contributed by atoms with Crippen molar-refractivity contribution in [1.29, 1.82) is 0 Å². The minimum Gasteiger partial charge on any atom is -0.345 e. The van der Waals surface area contributed by atoms with Gasteiger partial charge in [-0.15, -0.1) is 0 Å². The van der Waals surface area contributed by atoms with Crippen molar-refractivity contribution < 1.29 is 9.72 Å². The molecule has 1 aliphatic carbocycles. The molecule has 5 nitrogen and oxygen atoms in total. The van der Waals surface area contributed by atoms with Gasteiger partial charge < -0.3 is 5.32 Å². The lowest BCUT2D eigenvalue weighted by Gasteiger charge is -2.14. The Morgan fingerprint density at radius 3 is 2.82 bits per heavy atom. The van der Waals surface area contributed by atoms with Gasteiger partial charge in [-0.25, -0.2) is 0 Å². The van der Waals surface area contributed by atoms with Crippen LogP contribution in [0.5, 0.6) is 0 Å². The summed E-state index contributed by atoms with van der Waals surface area (Å²) in [6.45, 7) is 0. The average Bonchev–Trinajstić information content (AvgIpc) is 2.90. The number of benzene rings is 2. The van der Waals surface area contributed by atoms with E-state index >= 15 is 0 Å². The van der Waals surface area contributed by atoms with E-state index in [9.17, 15) is 14.9 Å². The van der Waals surface area contributed by atoms with Gasteiger partial charge in [-0.2, -0.15) is 0 Å². The highest BCUT2D eigenvalue weighted by atomic mass is 35.5. The molecule has 22 heavy (non-hydrogen) atoms. The third-order valence-corrected chi connectivity index (χ3v) is 4.16. The van der Waals surface area contributed by atoms with Crippen molar-refractivity contribution in [3.63, 3.8) is 0 Å². The lowest BCUT2D eigenvalue weighted by Crippen LogP contribution is -2.27. The second-order valence-electron chi connectivity index (χ2n) is 5.19. The predicted octanol–water partition coefficient (Wildman–Crippen LogP) is 3.67. The summed E-state index contributed by atoms with van der Waals surface area (Å²) >= 11 is 5.76. The average molecular weight is 317 g/mol. The monoisotopic (exact) mass is 316 g/mol. The molecule has 0 radical (unpaired) electrons. The van der Waals surface area contributed by atoms with Crippen LogP contribution in [0.3, 0.4) is 0 Å². The lowest BCUT2D eigenvalue weighted by molar-refractivity contribution is -0.384. The molecule has 0 spiro atoms. The Bertz CT molecular complexity index is 761. The fourth-order valence-electron chi connectivity index (χ4n) is 2.74. The minimum atomic E-state index is -0.593. The van der Waals surface area contributed by atoms with Gasteiger partial charge >= 0.3 is 0 Å². The van der Waals surface area contributed by atoms with Gasteiger partial charge in [0, 0.05) is 11.6 Å². The summed E-state index contributed by atoms with van der Waals surface area (Å²) < 4.78 is 0. The normalized spacial score (nSPS) is 16.1. The first kappa shape index (κ1) is 14.5. The van der Waals surface area contributed by atoms with Crippen LogP contribution in [-0.4, -0.2) is 10.8 Å². The summed E-state index contributed by atoms with van der Waals surface area (Å²) in [6, 6.07) is 12.0. The molecule has 0 saturated heterocycles. The van der Waals surface area contributed by atoms with Crippen LogP contribution >= 0.6 is 11.6 Å². The molecule has 1 atom stereocenters. The Balaban J connectivity index is 1.81. The smallest absolute Gasteiger partial charge is 0.288 e. The van der Waals surface area contributed by atoms with E-state index in [1.54, 1.807) is 0 Å². The maximum atomic E-state index is 12.3. The first-order valence-corrected chi connectivity index (χ1v) is 7.26. The Morgan fingerprint density at radius 2 is 2.05 bits per heavy atom. The Hall–Kier alpha value is -2.40. The molecule has 1 unspecified atom stereocenters. The van der Waals surface area contributed by atoms with Crippen molar-refractivity contribution in [2.24, 2.45) is 0 Å². The molecule has 0 aliphatic heterocycles. The third kappa shape index (κ3) is 2.67. The van der Waals surface area contributed by atoms with Gasteiger partial charge in [-0.05, 0) is 36.1 Å². The van der Waals surface area contributed by atoms with E-state index < -0.39 is 4.92 Å². The van der Waals surface area contributed by atoms with Crippen molar-refractivity contribution >= 4 is 23.2 Å². The van der Waals surface area contributed by atoms with Gasteiger partial charge in [0.15, 0.2) is 0 Å². The van der Waals surface area contributed by atoms with Gasteiger partial charge in [-0.3, -0.25) is 14.9 Å². The Morgan fingerprint density at radius 1 is 1.27 bits per heavy atom. The molecule has 1 aliphatic rings. The second-order valence-corrected chi connectivity index (χ2v) is 5.59. The molecule has 2 aromatic rings. The summed E-state index contributed by atoms with van der Waals surface area (Å²) in [5, 5.41) is 13.8. The second kappa shape index (κ2) is 5.77. The van der Waals surface area contributed by atoms with Crippen molar-refractivity contribution in [3.8, 4) is 0 Å². The number of nitro groups is 1. The van der Waals surface area contributed by atoms with Gasteiger partial charge in [0.05, 0.1) is 11.0 Å². The van der Waals surface area contributed by atoms with E-state index in [1.807, 2.05) is 18.2 Å². The number of halogens is 1. The van der Waals surface area contributed by atoms with E-state index in [0.29, 0.717) is 0 Å². The summed E-state index contributed by atoms with van der Waals surface area (Å²) in [7, 11) is 0. The SMILES string of the molecule is O=C(NC1CCc2ccccc21)c1ccc(Cl)c([N+](=O)[O-])c1. The van der Waals surface area contributed by atoms with Crippen LogP contribution in [-0.2, 0) is 6.42 Å². The number of amides is 1. The fourth-order valence-corrected chi connectivity index (χ4v) is 2.93. The Kier molecular flexibility index (Phi) is 3.81. The lowest BCUT2D eigenvalue weighted by atomic mass is 10.1. The zero-order valence-corrected chi connectivity index (χ0v) is 12.3. The van der Waals surface area contributed by atoms with Crippen molar-refractivity contribution in [3.05, 3.63) is 74.3 Å². The maximum absolute atomic E-state index is 12.3. The number of nitrogens with zero attached hydrogens (tertiary/aromatic N) is 1. The molecule has 1 amide bonds. The van der Waals surface area contributed by atoms with Crippen molar-refractivity contribution in [2.45, 2.75) is 18.9 Å². The first-order chi connectivity index (χ1) is 10.6. The molecule has 0 fully saturated rings. The van der Waals surface area contributed by atoms with Crippen LogP contribution in [0, 0.1) is 10.1 Å². The molecular weight excluding hydrogens is 304 g/mol. The summed E-state index contributed by atoms with van der Waals surface area (Å²) in [5.74, 6) is -0.332. The predicted molar refractivity (Wildman–Crippen MR) is 83.1 cm³/mol. The molecule has 0 heterocycles. The van der Waals surface area contributed by atoms with E-state index in [4.69, 9.17) is 11.6 Å². The number of nitro benzene ring substituents is 1. The number of nitrogens with one attached hydrogen (secondary N) is 1. The molecule has 1 N–H and O–H groups in total. The van der Waals surface area contributed by atoms with Crippen LogP contribution in [0.4, 0.5) is 5.69 Å². The maximum Gasteiger partial charge on any atom is 0.288 e. The van der Waals surface area contributed by atoms with Crippen LogP contribution in [0.15, 0.2) is 42.5 Å². The third-order valence-electron chi connectivity index (χ3n) is 3.84. The topological polar surface area (TPSA) is 72.2 Å². The van der Waals surface area contributed by atoms with Crippen LogP contribution in [0.1, 0.15) is 33.9 Å².